The molecule has 0 aliphatic heterocycles. The van der Waals surface area contributed by atoms with E-state index in [-0.39, 0.29) is 5.78 Å². The van der Waals surface area contributed by atoms with Crippen LogP contribution in [0.25, 0.3) is 10.2 Å². The lowest BCUT2D eigenvalue weighted by Gasteiger charge is -2.03. The van der Waals surface area contributed by atoms with Crippen molar-refractivity contribution in [3.05, 3.63) is 57.8 Å². The van der Waals surface area contributed by atoms with Crippen molar-refractivity contribution in [2.75, 3.05) is 0 Å². The van der Waals surface area contributed by atoms with Crippen LogP contribution >= 0.6 is 22.9 Å². The highest BCUT2D eigenvalue weighted by atomic mass is 35.5. The summed E-state index contributed by atoms with van der Waals surface area (Å²) in [4.78, 5) is 21.7. The van der Waals surface area contributed by atoms with E-state index in [1.807, 2.05) is 36.6 Å². The Morgan fingerprint density at radius 1 is 1.24 bits per heavy atom. The second-order valence-corrected chi connectivity index (χ2v) is 6.17. The molecule has 0 aliphatic rings. The van der Waals surface area contributed by atoms with Gasteiger partial charge in [-0.25, -0.2) is 9.97 Å². The van der Waals surface area contributed by atoms with Gasteiger partial charge in [0, 0.05) is 16.8 Å². The van der Waals surface area contributed by atoms with Gasteiger partial charge in [0.15, 0.2) is 5.78 Å². The molecule has 0 aliphatic carbocycles. The van der Waals surface area contributed by atoms with Gasteiger partial charge in [0.05, 0.1) is 0 Å². The first-order valence-electron chi connectivity index (χ1n) is 6.61. The minimum atomic E-state index is 0.0545. The van der Waals surface area contributed by atoms with Gasteiger partial charge in [-0.1, -0.05) is 23.7 Å². The Bertz CT molecular complexity index is 796. The standard InChI is InChI=1S/C16H13ClN2OS/c1-10-8-21-16-14(10)15(18-9-19-16)13(20)7-4-11-2-5-12(17)6-3-11/h2-3,5-6,8-9H,4,7H2,1H3. The van der Waals surface area contributed by atoms with Crippen LogP contribution < -0.4 is 0 Å². The topological polar surface area (TPSA) is 42.9 Å². The number of Topliss-reactive ketones (excluding diaryl/α,β-unsaturated/α-hetero) is 1. The van der Waals surface area contributed by atoms with Crippen molar-refractivity contribution in [3.63, 3.8) is 0 Å². The van der Waals surface area contributed by atoms with Gasteiger partial charge >= 0.3 is 0 Å². The number of hydrogen-bond acceptors (Lipinski definition) is 4. The number of aryl methyl sites for hydroxylation is 2. The number of nitrogens with zero attached hydrogens (tertiary/aromatic N) is 2. The Hall–Kier alpha value is -1.78. The molecule has 2 aromatic heterocycles. The van der Waals surface area contributed by atoms with Crippen LogP contribution in [0.15, 0.2) is 36.0 Å². The lowest BCUT2D eigenvalue weighted by atomic mass is 10.0. The van der Waals surface area contributed by atoms with Crippen LogP contribution in [-0.4, -0.2) is 15.8 Å². The molecule has 106 valence electrons. The molecule has 0 radical (unpaired) electrons. The Labute approximate surface area is 131 Å². The highest BCUT2D eigenvalue weighted by molar-refractivity contribution is 7.17. The zero-order valence-corrected chi connectivity index (χ0v) is 13.0. The molecule has 0 saturated heterocycles. The number of fused-ring (bicyclic) bond motifs is 1. The number of benzene rings is 1. The van der Waals surface area contributed by atoms with Crippen molar-refractivity contribution >= 4 is 38.9 Å². The van der Waals surface area contributed by atoms with Crippen molar-refractivity contribution in [1.29, 1.82) is 0 Å². The summed E-state index contributed by atoms with van der Waals surface area (Å²) in [5, 5.41) is 3.61. The van der Waals surface area contributed by atoms with E-state index >= 15 is 0 Å². The highest BCUT2D eigenvalue weighted by Crippen LogP contribution is 2.26. The third-order valence-electron chi connectivity index (χ3n) is 3.37. The lowest BCUT2D eigenvalue weighted by Crippen LogP contribution is -2.05. The van der Waals surface area contributed by atoms with Crippen LogP contribution in [0.3, 0.4) is 0 Å². The number of aromatic nitrogens is 2. The molecule has 2 heterocycles. The molecule has 3 rings (SSSR count). The molecule has 1 aromatic carbocycles. The Kier molecular flexibility index (Phi) is 3.99. The molecule has 21 heavy (non-hydrogen) atoms. The first-order valence-corrected chi connectivity index (χ1v) is 7.87. The van der Waals surface area contributed by atoms with Gasteiger partial charge in [-0.3, -0.25) is 4.79 Å². The van der Waals surface area contributed by atoms with Crippen molar-refractivity contribution < 1.29 is 4.79 Å². The predicted molar refractivity (Wildman–Crippen MR) is 86.3 cm³/mol. The maximum Gasteiger partial charge on any atom is 0.182 e. The van der Waals surface area contributed by atoms with Gasteiger partial charge in [0.25, 0.3) is 0 Å². The van der Waals surface area contributed by atoms with Crippen molar-refractivity contribution in [2.24, 2.45) is 0 Å². The summed E-state index contributed by atoms with van der Waals surface area (Å²) in [7, 11) is 0. The van der Waals surface area contributed by atoms with Crippen LogP contribution in [0.2, 0.25) is 5.02 Å². The zero-order chi connectivity index (χ0) is 14.8. The molecule has 0 unspecified atom stereocenters. The summed E-state index contributed by atoms with van der Waals surface area (Å²) in [6.07, 6.45) is 2.58. The normalized spacial score (nSPS) is 11.0. The van der Waals surface area contributed by atoms with Crippen molar-refractivity contribution in [3.8, 4) is 0 Å². The summed E-state index contributed by atoms with van der Waals surface area (Å²) >= 11 is 7.40. The summed E-state index contributed by atoms with van der Waals surface area (Å²) in [6.45, 7) is 1.98. The van der Waals surface area contributed by atoms with E-state index in [0.29, 0.717) is 23.6 Å². The number of rotatable bonds is 4. The maximum atomic E-state index is 12.4. The molecular weight excluding hydrogens is 304 g/mol. The second kappa shape index (κ2) is 5.92. The van der Waals surface area contributed by atoms with Crippen LogP contribution in [0.1, 0.15) is 28.0 Å². The number of ketones is 1. The van der Waals surface area contributed by atoms with Gasteiger partial charge in [-0.15, -0.1) is 11.3 Å². The largest absolute Gasteiger partial charge is 0.292 e. The monoisotopic (exact) mass is 316 g/mol. The number of thiophene rings is 1. The Morgan fingerprint density at radius 3 is 2.76 bits per heavy atom. The molecule has 0 bridgehead atoms. The molecule has 0 spiro atoms. The molecule has 0 N–H and O–H groups in total. The first-order chi connectivity index (χ1) is 10.1. The predicted octanol–water partition coefficient (Wildman–Crippen LogP) is 4.47. The average molecular weight is 317 g/mol. The Balaban J connectivity index is 1.81. The third-order valence-corrected chi connectivity index (χ3v) is 4.63. The molecule has 5 heteroatoms. The van der Waals surface area contributed by atoms with E-state index in [0.717, 1.165) is 21.3 Å². The van der Waals surface area contributed by atoms with Crippen molar-refractivity contribution in [1.82, 2.24) is 9.97 Å². The van der Waals surface area contributed by atoms with Gasteiger partial charge < -0.3 is 0 Å². The van der Waals surface area contributed by atoms with Crippen LogP contribution in [-0.2, 0) is 6.42 Å². The summed E-state index contributed by atoms with van der Waals surface area (Å²) in [5.74, 6) is 0.0545. The van der Waals surface area contributed by atoms with E-state index in [9.17, 15) is 4.79 Å². The van der Waals surface area contributed by atoms with Gasteiger partial charge in [0.2, 0.25) is 0 Å². The fraction of sp³-hybridized carbons (Fsp3) is 0.188. The molecular formula is C16H13ClN2OS. The van der Waals surface area contributed by atoms with E-state index in [4.69, 9.17) is 11.6 Å². The highest BCUT2D eigenvalue weighted by Gasteiger charge is 2.15. The van der Waals surface area contributed by atoms with Crippen LogP contribution in [0, 0.1) is 6.92 Å². The summed E-state index contributed by atoms with van der Waals surface area (Å²) in [5.41, 5.74) is 2.69. The molecule has 0 saturated carbocycles. The van der Waals surface area contributed by atoms with E-state index in [1.165, 1.54) is 6.33 Å². The van der Waals surface area contributed by atoms with E-state index < -0.39 is 0 Å². The smallest absolute Gasteiger partial charge is 0.182 e. The molecule has 0 amide bonds. The van der Waals surface area contributed by atoms with Gasteiger partial charge in [0.1, 0.15) is 16.9 Å². The fourth-order valence-electron chi connectivity index (χ4n) is 2.26. The fourth-order valence-corrected chi connectivity index (χ4v) is 3.27. The molecule has 3 nitrogen and oxygen atoms in total. The van der Waals surface area contributed by atoms with Crippen molar-refractivity contribution in [2.45, 2.75) is 19.8 Å². The van der Waals surface area contributed by atoms with Crippen LogP contribution in [0.5, 0.6) is 0 Å². The van der Waals surface area contributed by atoms with Gasteiger partial charge in [-0.2, -0.15) is 0 Å². The zero-order valence-electron chi connectivity index (χ0n) is 11.5. The lowest BCUT2D eigenvalue weighted by molar-refractivity contribution is 0.0979. The average Bonchev–Trinajstić information content (AvgIpc) is 2.88. The Morgan fingerprint density at radius 2 is 2.00 bits per heavy atom. The quantitative estimate of drug-likeness (QED) is 0.667. The number of carbonyl (C=O) groups is 1. The maximum absolute atomic E-state index is 12.4. The molecule has 0 fully saturated rings. The number of carbonyl (C=O) groups excluding carboxylic acids is 1. The number of hydrogen-bond donors (Lipinski definition) is 0. The van der Waals surface area contributed by atoms with E-state index in [2.05, 4.69) is 9.97 Å². The third kappa shape index (κ3) is 2.96. The minimum Gasteiger partial charge on any atom is -0.292 e. The summed E-state index contributed by atoms with van der Waals surface area (Å²) in [6, 6.07) is 7.57. The van der Waals surface area contributed by atoms with Gasteiger partial charge in [-0.05, 0) is 42.0 Å². The molecule has 3 aromatic rings. The van der Waals surface area contributed by atoms with E-state index in [1.54, 1.807) is 11.3 Å². The SMILES string of the molecule is Cc1csc2ncnc(C(=O)CCc3ccc(Cl)cc3)c12. The first kappa shape index (κ1) is 14.2. The second-order valence-electron chi connectivity index (χ2n) is 4.87. The minimum absolute atomic E-state index is 0.0545. The van der Waals surface area contributed by atoms with Crippen LogP contribution in [0.4, 0.5) is 0 Å². The summed E-state index contributed by atoms with van der Waals surface area (Å²) < 4.78 is 0. The molecule has 0 atom stereocenters. The number of halogens is 1.